The number of nitrogens with zero attached hydrogens (tertiary/aromatic N) is 1. The van der Waals surface area contributed by atoms with Crippen molar-refractivity contribution in [2.24, 2.45) is 5.92 Å². The maximum atomic E-state index is 14.1. The van der Waals surface area contributed by atoms with Gasteiger partial charge in [0.25, 0.3) is 0 Å². The molecule has 0 saturated carbocycles. The van der Waals surface area contributed by atoms with Crippen LogP contribution in [0.25, 0.3) is 6.08 Å². The van der Waals surface area contributed by atoms with Crippen LogP contribution in [0.3, 0.4) is 0 Å². The molecule has 0 radical (unpaired) electrons. The second-order valence-corrected chi connectivity index (χ2v) is 5.92. The Hall–Kier alpha value is -1.68. The molecule has 0 bridgehead atoms. The molecule has 0 aliphatic heterocycles. The fourth-order valence-corrected chi connectivity index (χ4v) is 2.25. The lowest BCUT2D eigenvalue weighted by Crippen LogP contribution is -2.30. The quantitative estimate of drug-likeness (QED) is 0.778. The van der Waals surface area contributed by atoms with Crippen molar-refractivity contribution < 1.29 is 14.3 Å². The molecule has 1 aromatic rings. The zero-order chi connectivity index (χ0) is 16.0. The van der Waals surface area contributed by atoms with Gasteiger partial charge in [-0.3, -0.25) is 4.90 Å². The molecule has 0 spiro atoms. The lowest BCUT2D eigenvalue weighted by atomic mass is 10.0. The Morgan fingerprint density at radius 1 is 1.38 bits per heavy atom. The highest BCUT2D eigenvalue weighted by Crippen LogP contribution is 2.17. The van der Waals surface area contributed by atoms with Gasteiger partial charge >= 0.3 is 5.97 Å². The molecular formula is C17H24FNO2. The summed E-state index contributed by atoms with van der Waals surface area (Å²) in [6.45, 7) is 7.04. The molecule has 0 saturated heterocycles. The van der Waals surface area contributed by atoms with Crippen LogP contribution < -0.4 is 0 Å². The van der Waals surface area contributed by atoms with Crippen LogP contribution in [-0.2, 0) is 11.3 Å². The van der Waals surface area contributed by atoms with Crippen molar-refractivity contribution in [1.29, 1.82) is 0 Å². The van der Waals surface area contributed by atoms with Crippen molar-refractivity contribution in [1.82, 2.24) is 4.90 Å². The lowest BCUT2D eigenvalue weighted by Gasteiger charge is -2.26. The molecule has 1 rings (SSSR count). The van der Waals surface area contributed by atoms with E-state index in [9.17, 15) is 9.18 Å². The number of halogens is 1. The van der Waals surface area contributed by atoms with Crippen molar-refractivity contribution in [2.75, 3.05) is 7.05 Å². The molecule has 4 heteroatoms. The van der Waals surface area contributed by atoms with E-state index >= 15 is 0 Å². The second kappa shape index (κ2) is 7.93. The number of carboxylic acid groups (broad SMARTS) is 1. The molecule has 0 aromatic heterocycles. The summed E-state index contributed by atoms with van der Waals surface area (Å²) in [7, 11) is 1.99. The maximum absolute atomic E-state index is 14.1. The van der Waals surface area contributed by atoms with Gasteiger partial charge in [0.05, 0.1) is 0 Å². The van der Waals surface area contributed by atoms with Crippen LogP contribution in [0.4, 0.5) is 4.39 Å². The van der Waals surface area contributed by atoms with Gasteiger partial charge in [0, 0.05) is 24.2 Å². The Balaban J connectivity index is 2.74. The summed E-state index contributed by atoms with van der Waals surface area (Å²) in [6, 6.07) is 5.21. The van der Waals surface area contributed by atoms with Gasteiger partial charge in [0.1, 0.15) is 5.82 Å². The summed E-state index contributed by atoms with van der Waals surface area (Å²) >= 11 is 0. The Morgan fingerprint density at radius 3 is 2.57 bits per heavy atom. The first-order valence-corrected chi connectivity index (χ1v) is 7.19. The van der Waals surface area contributed by atoms with Crippen LogP contribution >= 0.6 is 0 Å². The van der Waals surface area contributed by atoms with Gasteiger partial charge < -0.3 is 5.11 Å². The van der Waals surface area contributed by atoms with Crippen molar-refractivity contribution in [3.05, 3.63) is 41.2 Å². The molecule has 1 aromatic carbocycles. The number of hydrogen-bond donors (Lipinski definition) is 1. The third-order valence-electron chi connectivity index (χ3n) is 3.48. The molecule has 3 nitrogen and oxygen atoms in total. The largest absolute Gasteiger partial charge is 0.478 e. The van der Waals surface area contributed by atoms with Crippen molar-refractivity contribution in [3.8, 4) is 0 Å². The number of rotatable bonds is 7. The van der Waals surface area contributed by atoms with Gasteiger partial charge in [-0.1, -0.05) is 26.0 Å². The Bertz CT molecular complexity index is 512. The number of carbonyl (C=O) groups is 1. The van der Waals surface area contributed by atoms with E-state index in [2.05, 4.69) is 25.7 Å². The molecule has 0 aliphatic carbocycles. The zero-order valence-electron chi connectivity index (χ0n) is 13.1. The number of carboxylic acids is 1. The molecule has 116 valence electrons. The summed E-state index contributed by atoms with van der Waals surface area (Å²) in [4.78, 5) is 12.6. The minimum Gasteiger partial charge on any atom is -0.478 e. The first-order valence-electron chi connectivity index (χ1n) is 7.19. The van der Waals surface area contributed by atoms with E-state index in [-0.39, 0.29) is 5.82 Å². The van der Waals surface area contributed by atoms with Crippen LogP contribution in [0.5, 0.6) is 0 Å². The van der Waals surface area contributed by atoms with E-state index in [1.54, 1.807) is 12.1 Å². The maximum Gasteiger partial charge on any atom is 0.328 e. The molecule has 1 unspecified atom stereocenters. The van der Waals surface area contributed by atoms with Crippen LogP contribution in [0.1, 0.15) is 38.3 Å². The van der Waals surface area contributed by atoms with E-state index in [1.807, 2.05) is 7.05 Å². The van der Waals surface area contributed by atoms with E-state index < -0.39 is 5.97 Å². The molecule has 0 amide bonds. The smallest absolute Gasteiger partial charge is 0.328 e. The topological polar surface area (TPSA) is 40.5 Å². The Morgan fingerprint density at radius 2 is 2.05 bits per heavy atom. The van der Waals surface area contributed by atoms with Crippen LogP contribution in [0.15, 0.2) is 24.3 Å². The monoisotopic (exact) mass is 293 g/mol. The van der Waals surface area contributed by atoms with Crippen molar-refractivity contribution in [3.63, 3.8) is 0 Å². The lowest BCUT2D eigenvalue weighted by molar-refractivity contribution is -0.131. The van der Waals surface area contributed by atoms with E-state index in [0.717, 1.165) is 12.5 Å². The Labute approximate surface area is 126 Å². The van der Waals surface area contributed by atoms with Gasteiger partial charge in [-0.2, -0.15) is 0 Å². The van der Waals surface area contributed by atoms with Gasteiger partial charge in [-0.25, -0.2) is 9.18 Å². The SMILES string of the molecule is CC(C)CC(C)N(C)Cc1ccc(C=CC(=O)O)cc1F. The van der Waals surface area contributed by atoms with Crippen LogP contribution in [-0.4, -0.2) is 29.1 Å². The molecule has 21 heavy (non-hydrogen) atoms. The zero-order valence-corrected chi connectivity index (χ0v) is 13.1. The number of hydrogen-bond acceptors (Lipinski definition) is 2. The number of benzene rings is 1. The van der Waals surface area contributed by atoms with E-state index in [4.69, 9.17) is 5.11 Å². The minimum atomic E-state index is -1.04. The average Bonchev–Trinajstić information content (AvgIpc) is 2.38. The molecule has 1 N–H and O–H groups in total. The Kier molecular flexibility index (Phi) is 6.56. The van der Waals surface area contributed by atoms with Crippen molar-refractivity contribution in [2.45, 2.75) is 39.8 Å². The molecule has 0 heterocycles. The summed E-state index contributed by atoms with van der Waals surface area (Å²) in [5, 5.41) is 8.56. The third kappa shape index (κ3) is 6.08. The van der Waals surface area contributed by atoms with Crippen molar-refractivity contribution >= 4 is 12.0 Å². The standard InChI is InChI=1S/C17H24FNO2/c1-12(2)9-13(3)19(4)11-15-7-5-14(10-16(15)18)6-8-17(20)21/h5-8,10,12-13H,9,11H2,1-4H3,(H,20,21). The normalized spacial score (nSPS) is 13.3. The predicted molar refractivity (Wildman–Crippen MR) is 83.5 cm³/mol. The third-order valence-corrected chi connectivity index (χ3v) is 3.48. The molecule has 0 aliphatic rings. The van der Waals surface area contributed by atoms with Gasteiger partial charge in [-0.05, 0) is 44.0 Å². The average molecular weight is 293 g/mol. The summed E-state index contributed by atoms with van der Waals surface area (Å²) in [5.41, 5.74) is 1.18. The van der Waals surface area contributed by atoms with Gasteiger partial charge in [0.2, 0.25) is 0 Å². The second-order valence-electron chi connectivity index (χ2n) is 5.92. The minimum absolute atomic E-state index is 0.300. The predicted octanol–water partition coefficient (Wildman–Crippen LogP) is 3.79. The first kappa shape index (κ1) is 17.4. The number of aliphatic carboxylic acids is 1. The summed E-state index contributed by atoms with van der Waals surface area (Å²) < 4.78 is 14.1. The first-order chi connectivity index (χ1) is 9.79. The van der Waals surface area contributed by atoms with E-state index in [0.29, 0.717) is 29.6 Å². The highest BCUT2D eigenvalue weighted by Gasteiger charge is 2.13. The van der Waals surface area contributed by atoms with E-state index in [1.165, 1.54) is 12.1 Å². The molecular weight excluding hydrogens is 269 g/mol. The fourth-order valence-electron chi connectivity index (χ4n) is 2.25. The van der Waals surface area contributed by atoms with Crippen LogP contribution in [0, 0.1) is 11.7 Å². The van der Waals surface area contributed by atoms with Crippen LogP contribution in [0.2, 0.25) is 0 Å². The molecule has 1 atom stereocenters. The summed E-state index contributed by atoms with van der Waals surface area (Å²) in [5.74, 6) is -0.733. The fraction of sp³-hybridized carbons (Fsp3) is 0.471. The molecule has 0 fully saturated rings. The highest BCUT2D eigenvalue weighted by molar-refractivity contribution is 5.85. The highest BCUT2D eigenvalue weighted by atomic mass is 19.1. The summed E-state index contributed by atoms with van der Waals surface area (Å²) in [6.07, 6.45) is 3.46. The van der Waals surface area contributed by atoms with Gasteiger partial charge in [0.15, 0.2) is 0 Å². The van der Waals surface area contributed by atoms with Gasteiger partial charge in [-0.15, -0.1) is 0 Å².